The molecule has 6 saturated carbocycles. The smallest absolute Gasteiger partial charge is 0.308 e. The maximum Gasteiger partial charge on any atom is 0.308 e. The molecule has 0 aromatic heterocycles. The van der Waals surface area contributed by atoms with E-state index in [0.29, 0.717) is 122 Å². The second kappa shape index (κ2) is 27.1. The molecular weight excluding hydrogens is 1470 g/mol. The summed E-state index contributed by atoms with van der Waals surface area (Å²) >= 11 is 31.2. The molecule has 18 rings (SSSR count). The largest absolute Gasteiger partial charge is 0.426 e. The van der Waals surface area contributed by atoms with Crippen molar-refractivity contribution in [1.29, 1.82) is 0 Å². The topological polar surface area (TPSA) is 229 Å². The summed E-state index contributed by atoms with van der Waals surface area (Å²) in [5.41, 5.74) is 6.13. The minimum atomic E-state index is -0.658. The number of ether oxygens (including phenoxy) is 4. The molecule has 8 aromatic carbocycles. The number of halogens is 6. The fraction of sp³-hybridized carbons (Fsp3) is 0.383. The number of rotatable bonds is 16. The molecule has 6 fully saturated rings. The number of alkyl halides is 4. The van der Waals surface area contributed by atoms with E-state index in [-0.39, 0.29) is 88.9 Å². The van der Waals surface area contributed by atoms with Crippen molar-refractivity contribution in [2.45, 2.75) is 117 Å². The number of hydrogen-bond donors (Lipinski definition) is 1. The van der Waals surface area contributed by atoms with E-state index in [1.807, 2.05) is 95.9 Å². The average Bonchev–Trinajstić information content (AvgIpc) is 1.39. The Morgan fingerprint density at radius 3 is 1.12 bits per heavy atom. The van der Waals surface area contributed by atoms with Crippen LogP contribution in [0.15, 0.2) is 109 Å². The van der Waals surface area contributed by atoms with Crippen molar-refractivity contribution in [2.75, 3.05) is 69.7 Å². The molecule has 10 aliphatic rings. The lowest BCUT2D eigenvalue weighted by molar-refractivity contribution is -0.200. The highest BCUT2D eigenvalue weighted by Gasteiger charge is 3.01. The molecule has 8 aromatic rings. The number of anilines is 4. The quantitative estimate of drug-likeness (QED) is 0.0410. The number of Topliss-reactive ketones (excluding diaryl/α,β-unsaturated/α-hetero) is 2. The number of benzene rings is 8. The minimum absolute atomic E-state index is 0. The molecule has 1 N–H and O–H groups in total. The molecule has 544 valence electrons. The van der Waals surface area contributed by atoms with Gasteiger partial charge in [-0.2, -0.15) is 0 Å². The predicted molar refractivity (Wildman–Crippen MR) is 407 cm³/mol. The third-order valence-electron chi connectivity index (χ3n) is 23.2. The highest BCUT2D eigenvalue weighted by Crippen LogP contribution is 3.01. The molecule has 0 saturated heterocycles. The normalized spacial score (nSPS) is 25.1. The van der Waals surface area contributed by atoms with Crippen molar-refractivity contribution in [2.24, 2.45) is 27.1 Å². The molecule has 7 atom stereocenters. The van der Waals surface area contributed by atoms with Gasteiger partial charge in [-0.3, -0.25) is 47.9 Å². The molecule has 1 spiro atoms. The first-order chi connectivity index (χ1) is 49.7. The number of amides is 3. The van der Waals surface area contributed by atoms with Crippen molar-refractivity contribution in [3.05, 3.63) is 143 Å². The number of carbonyl (C=O) groups excluding carboxylic acids is 10. The summed E-state index contributed by atoms with van der Waals surface area (Å²) in [5, 5.41) is 9.82. The van der Waals surface area contributed by atoms with Gasteiger partial charge >= 0.3 is 23.9 Å². The highest BCUT2D eigenvalue weighted by molar-refractivity contribution is 6.65. The van der Waals surface area contributed by atoms with Gasteiger partial charge in [0.25, 0.3) is 0 Å². The summed E-state index contributed by atoms with van der Waals surface area (Å²) in [4.78, 5) is 131. The van der Waals surface area contributed by atoms with Gasteiger partial charge < -0.3 is 39.0 Å². The minimum Gasteiger partial charge on any atom is -0.426 e. The zero-order valence-corrected chi connectivity index (χ0v) is 63.0. The molecule has 3 unspecified atom stereocenters. The number of esters is 4. The molecule has 24 heteroatoms. The standard InChI is InChI=1S/C41H36Cl2N2O7.C22H19Cl2NO4.C18H18ClNO3.ClH/c1-21(46)10-24-8-9-28-30(11-24)36-26(15-43)17-45(32(36)13-34(28)52-23(3)48)38(50)40-18-39(19-41(39,40)20-40)37(49)44-16-25(14-42)35-29-7-5-4-6-27(29)33(12-31(35)44)51-22(2)47;1-12(26)29-17-6-16-18(15-5-3-2-4-14(15)17)13(7-23)8-25(16)20(28)22-9-21(10-22,11-22)19(24)27;1-10(21)5-12-3-4-14-15(6-12)18-13(8-19)9-20-16(18)7-17(14)23-11(2)22;/h4-9,11-13,25-26H,10,14-20H2,1-3H3;2-6,13H,7-11H2,1H3;3-4,6-7,13,20H,5,8-9H2,1-2H3;1H/t25-,26+,39?,40?,41?;13-,21?,22?;13-;/m110./s1. The Bertz CT molecular complexity index is 5160. The van der Waals surface area contributed by atoms with E-state index in [9.17, 15) is 47.9 Å². The van der Waals surface area contributed by atoms with Crippen LogP contribution in [0.25, 0.3) is 43.1 Å². The van der Waals surface area contributed by atoms with Gasteiger partial charge in [0.15, 0.2) is 0 Å². The third kappa shape index (κ3) is 11.8. The van der Waals surface area contributed by atoms with Crippen molar-refractivity contribution >= 4 is 195 Å². The van der Waals surface area contributed by atoms with Gasteiger partial charge in [0, 0.05) is 176 Å². The first-order valence-electron chi connectivity index (χ1n) is 34.8. The first-order valence-corrected chi connectivity index (χ1v) is 37.4. The lowest BCUT2D eigenvalue weighted by Gasteiger charge is -2.67. The fourth-order valence-electron chi connectivity index (χ4n) is 19.0. The van der Waals surface area contributed by atoms with E-state index in [4.69, 9.17) is 77.0 Å². The first kappa shape index (κ1) is 73.5. The van der Waals surface area contributed by atoms with Crippen molar-refractivity contribution < 1.29 is 66.9 Å². The zero-order valence-electron chi connectivity index (χ0n) is 58.4. The maximum atomic E-state index is 14.7. The summed E-state index contributed by atoms with van der Waals surface area (Å²) in [6.07, 6.45) is 3.91. The number of nitrogens with one attached hydrogen (secondary N) is 1. The Morgan fingerprint density at radius 2 is 0.762 bits per heavy atom. The van der Waals surface area contributed by atoms with Crippen LogP contribution in [0.4, 0.5) is 22.7 Å². The Morgan fingerprint density at radius 1 is 0.410 bits per heavy atom. The van der Waals surface area contributed by atoms with Crippen LogP contribution in [-0.2, 0) is 60.8 Å². The van der Waals surface area contributed by atoms with Gasteiger partial charge in [-0.05, 0) is 119 Å². The van der Waals surface area contributed by atoms with Gasteiger partial charge in [-0.25, -0.2) is 0 Å². The van der Waals surface area contributed by atoms with E-state index in [1.165, 1.54) is 27.7 Å². The molecule has 3 amide bonds. The van der Waals surface area contributed by atoms with E-state index >= 15 is 0 Å². The summed E-state index contributed by atoms with van der Waals surface area (Å²) < 4.78 is 22.1. The number of fused-ring (bicyclic) bond motifs is 12. The Balaban J connectivity index is 0.000000147. The second-order valence-corrected chi connectivity index (χ2v) is 31.5. The SMILES string of the molecule is CC(=O)Cc1ccc2c(OC(C)=O)cc3c(c2c1)[C@@H](CCl)CN3.CC(=O)Cc1ccc2c(OC(C)=O)cc3c(c2c1)[C@@H](CCl)CN3C(=O)C12CC3(C(=O)N4C[C@@H](CCl)c5c4cc(OC(C)=O)c4ccccc54)CC31C2.CC(=O)Oc1cc2c(c3ccccc13)[C@H](CCl)CN2C(=O)C12CC(C(=O)Cl)(C1)C2.Cl. The highest BCUT2D eigenvalue weighted by atomic mass is 35.5. The molecule has 4 heterocycles. The van der Waals surface area contributed by atoms with Crippen LogP contribution in [0, 0.1) is 27.1 Å². The number of nitrogens with zero attached hydrogens (tertiary/aromatic N) is 3. The maximum absolute atomic E-state index is 14.7. The van der Waals surface area contributed by atoms with E-state index < -0.39 is 45.0 Å². The lowest BCUT2D eigenvalue weighted by Crippen LogP contribution is -2.70. The summed E-state index contributed by atoms with van der Waals surface area (Å²) in [7, 11) is 0. The molecule has 18 nitrogen and oxygen atoms in total. The monoisotopic (exact) mass is 1540 g/mol. The Kier molecular flexibility index (Phi) is 19.0. The van der Waals surface area contributed by atoms with E-state index in [1.54, 1.807) is 41.8 Å². The number of carbonyl (C=O) groups is 10. The van der Waals surface area contributed by atoms with E-state index in [2.05, 4.69) is 5.32 Å². The van der Waals surface area contributed by atoms with Crippen molar-refractivity contribution in [3.8, 4) is 23.0 Å². The van der Waals surface area contributed by atoms with Crippen LogP contribution >= 0.6 is 70.4 Å². The fourth-order valence-corrected chi connectivity index (χ4v) is 20.2. The molecule has 0 radical (unpaired) electrons. The molecular formula is C81H74Cl6N4O14. The summed E-state index contributed by atoms with van der Waals surface area (Å²) in [5.74, 6) is 1.54. The third-order valence-corrected chi connectivity index (χ3v) is 25.1. The van der Waals surface area contributed by atoms with Crippen LogP contribution in [0.5, 0.6) is 23.0 Å². The van der Waals surface area contributed by atoms with Crippen molar-refractivity contribution in [3.63, 3.8) is 0 Å². The number of ketones is 2. The van der Waals surface area contributed by atoms with Crippen molar-refractivity contribution in [1.82, 2.24) is 0 Å². The Hall–Kier alpha value is -8.36. The van der Waals surface area contributed by atoms with Crippen LogP contribution in [0.1, 0.15) is 137 Å². The Labute approximate surface area is 636 Å². The van der Waals surface area contributed by atoms with Crippen LogP contribution < -0.4 is 39.0 Å². The van der Waals surface area contributed by atoms with Gasteiger partial charge in [0.2, 0.25) is 23.0 Å². The number of hydrogen-bond acceptors (Lipinski definition) is 15. The van der Waals surface area contributed by atoms with Crippen LogP contribution in [-0.4, -0.2) is 108 Å². The van der Waals surface area contributed by atoms with Crippen LogP contribution in [0.3, 0.4) is 0 Å². The zero-order chi connectivity index (χ0) is 73.6. The van der Waals surface area contributed by atoms with Gasteiger partial charge in [-0.1, -0.05) is 84.9 Å². The second-order valence-electron chi connectivity index (χ2n) is 29.9. The molecule has 105 heavy (non-hydrogen) atoms. The van der Waals surface area contributed by atoms with Gasteiger partial charge in [0.05, 0.1) is 33.3 Å². The predicted octanol–water partition coefficient (Wildman–Crippen LogP) is 15.6. The van der Waals surface area contributed by atoms with E-state index in [0.717, 1.165) is 89.0 Å². The van der Waals surface area contributed by atoms with Gasteiger partial charge in [-0.15, -0.1) is 58.8 Å². The molecule has 2 bridgehead atoms. The summed E-state index contributed by atoms with van der Waals surface area (Å²) in [6, 6.07) is 34.1. The molecule has 4 aliphatic heterocycles. The summed E-state index contributed by atoms with van der Waals surface area (Å²) in [6.45, 7) is 10.6. The lowest BCUT2D eigenvalue weighted by atomic mass is 9.35. The molecule has 6 aliphatic carbocycles. The average molecular weight is 1540 g/mol. The van der Waals surface area contributed by atoms with Crippen LogP contribution in [0.2, 0.25) is 0 Å². The van der Waals surface area contributed by atoms with Gasteiger partial charge in [0.1, 0.15) is 34.6 Å².